The highest BCUT2D eigenvalue weighted by molar-refractivity contribution is 5.80. The summed E-state index contributed by atoms with van der Waals surface area (Å²) in [5.41, 5.74) is 1.09. The second-order valence-electron chi connectivity index (χ2n) is 3.22. The Morgan fingerprint density at radius 3 is 2.60 bits per heavy atom. The van der Waals surface area contributed by atoms with Gasteiger partial charge >= 0.3 is 0 Å². The molecule has 3 heteroatoms. The van der Waals surface area contributed by atoms with Gasteiger partial charge in [-0.15, -0.1) is 0 Å². The monoisotopic (exact) mass is 203 g/mol. The maximum atomic E-state index is 11.1. The summed E-state index contributed by atoms with van der Waals surface area (Å²) in [6, 6.07) is 9.44. The number of benzene rings is 1. The third-order valence-electron chi connectivity index (χ3n) is 2.13. The van der Waals surface area contributed by atoms with Crippen LogP contribution < -0.4 is 4.74 Å². The molecule has 0 aliphatic carbocycles. The Kier molecular flexibility index (Phi) is 4.36. The van der Waals surface area contributed by atoms with Crippen LogP contribution in [0.4, 0.5) is 0 Å². The third-order valence-corrected chi connectivity index (χ3v) is 2.13. The van der Waals surface area contributed by atoms with Gasteiger partial charge in [-0.25, -0.2) is 0 Å². The number of carbonyl (C=O) groups is 1. The standard InChI is InChI=1S/C12H13NO2/c1-15-12-6-3-10(4-7-12)2-5-11(14)8-9-13/h3-4,6-7H,2,5,8H2,1H3. The lowest BCUT2D eigenvalue weighted by Crippen LogP contribution is -1.98. The number of methoxy groups -OCH3 is 1. The highest BCUT2D eigenvalue weighted by Crippen LogP contribution is 2.12. The molecule has 3 nitrogen and oxygen atoms in total. The smallest absolute Gasteiger partial charge is 0.147 e. The zero-order valence-corrected chi connectivity index (χ0v) is 8.69. The molecule has 0 saturated heterocycles. The van der Waals surface area contributed by atoms with Crippen LogP contribution in [-0.2, 0) is 11.2 Å². The summed E-state index contributed by atoms with van der Waals surface area (Å²) in [4.78, 5) is 11.1. The first-order valence-electron chi connectivity index (χ1n) is 4.78. The molecule has 0 aliphatic rings. The Labute approximate surface area is 89.3 Å². The van der Waals surface area contributed by atoms with Gasteiger partial charge in [-0.3, -0.25) is 4.79 Å². The molecule has 0 heterocycles. The molecule has 0 fully saturated rings. The molecule has 1 rings (SSSR count). The van der Waals surface area contributed by atoms with Gasteiger partial charge in [-0.1, -0.05) is 12.1 Å². The summed E-state index contributed by atoms with van der Waals surface area (Å²) in [6.45, 7) is 0. The normalized spacial score (nSPS) is 9.33. The van der Waals surface area contributed by atoms with Crippen LogP contribution in [-0.4, -0.2) is 12.9 Å². The lowest BCUT2D eigenvalue weighted by molar-refractivity contribution is -0.118. The van der Waals surface area contributed by atoms with E-state index in [1.807, 2.05) is 30.3 Å². The van der Waals surface area contributed by atoms with Gasteiger partial charge in [0, 0.05) is 6.42 Å². The van der Waals surface area contributed by atoms with Crippen molar-refractivity contribution in [1.29, 1.82) is 5.26 Å². The van der Waals surface area contributed by atoms with Gasteiger partial charge in [-0.05, 0) is 24.1 Å². The first kappa shape index (κ1) is 11.3. The summed E-state index contributed by atoms with van der Waals surface area (Å²) in [7, 11) is 1.62. The first-order chi connectivity index (χ1) is 7.26. The van der Waals surface area contributed by atoms with E-state index in [1.165, 1.54) is 0 Å². The molecular formula is C12H13NO2. The Bertz CT molecular complexity index is 362. The van der Waals surface area contributed by atoms with Gasteiger partial charge in [0.15, 0.2) is 0 Å². The molecule has 15 heavy (non-hydrogen) atoms. The van der Waals surface area contributed by atoms with Gasteiger partial charge in [-0.2, -0.15) is 5.26 Å². The van der Waals surface area contributed by atoms with Crippen molar-refractivity contribution in [3.63, 3.8) is 0 Å². The number of ether oxygens (including phenoxy) is 1. The SMILES string of the molecule is COc1ccc(CCC(=O)CC#N)cc1. The molecule has 1 aromatic rings. The van der Waals surface area contributed by atoms with Crippen molar-refractivity contribution in [2.75, 3.05) is 7.11 Å². The van der Waals surface area contributed by atoms with E-state index >= 15 is 0 Å². The lowest BCUT2D eigenvalue weighted by atomic mass is 10.1. The minimum Gasteiger partial charge on any atom is -0.497 e. The highest BCUT2D eigenvalue weighted by atomic mass is 16.5. The van der Waals surface area contributed by atoms with Crippen LogP contribution in [0.1, 0.15) is 18.4 Å². The van der Waals surface area contributed by atoms with Crippen molar-refractivity contribution < 1.29 is 9.53 Å². The van der Waals surface area contributed by atoms with Gasteiger partial charge in [0.25, 0.3) is 0 Å². The molecule has 0 radical (unpaired) electrons. The molecule has 0 spiro atoms. The number of carbonyl (C=O) groups excluding carboxylic acids is 1. The Hall–Kier alpha value is -1.82. The van der Waals surface area contributed by atoms with Gasteiger partial charge in [0.2, 0.25) is 0 Å². The number of ketones is 1. The average Bonchev–Trinajstić information content (AvgIpc) is 2.27. The van der Waals surface area contributed by atoms with Gasteiger partial charge in [0.05, 0.1) is 19.6 Å². The van der Waals surface area contributed by atoms with E-state index in [9.17, 15) is 4.79 Å². The zero-order valence-electron chi connectivity index (χ0n) is 8.69. The number of rotatable bonds is 5. The van der Waals surface area contributed by atoms with E-state index in [2.05, 4.69) is 0 Å². The fraction of sp³-hybridized carbons (Fsp3) is 0.333. The van der Waals surface area contributed by atoms with E-state index in [0.717, 1.165) is 11.3 Å². The summed E-state index contributed by atoms with van der Waals surface area (Å²) in [6.07, 6.45) is 1.13. The summed E-state index contributed by atoms with van der Waals surface area (Å²) >= 11 is 0. The lowest BCUT2D eigenvalue weighted by Gasteiger charge is -2.02. The van der Waals surface area contributed by atoms with E-state index < -0.39 is 0 Å². The van der Waals surface area contributed by atoms with E-state index in [0.29, 0.717) is 12.8 Å². The van der Waals surface area contributed by atoms with Crippen LogP contribution in [0, 0.1) is 11.3 Å². The second-order valence-corrected chi connectivity index (χ2v) is 3.22. The predicted molar refractivity (Wildman–Crippen MR) is 56.6 cm³/mol. The van der Waals surface area contributed by atoms with Crippen molar-refractivity contribution in [2.45, 2.75) is 19.3 Å². The third kappa shape index (κ3) is 3.82. The van der Waals surface area contributed by atoms with E-state index in [4.69, 9.17) is 10.00 Å². The van der Waals surface area contributed by atoms with Crippen LogP contribution in [0.15, 0.2) is 24.3 Å². The quantitative estimate of drug-likeness (QED) is 0.736. The molecular weight excluding hydrogens is 190 g/mol. The minimum absolute atomic E-state index is 0.00619. The van der Waals surface area contributed by atoms with Crippen LogP contribution in [0.3, 0.4) is 0 Å². The summed E-state index contributed by atoms with van der Waals surface area (Å²) < 4.78 is 5.02. The van der Waals surface area contributed by atoms with Crippen LogP contribution in [0.25, 0.3) is 0 Å². The Morgan fingerprint density at radius 2 is 2.07 bits per heavy atom. The number of hydrogen-bond acceptors (Lipinski definition) is 3. The maximum absolute atomic E-state index is 11.1. The first-order valence-corrected chi connectivity index (χ1v) is 4.78. The van der Waals surface area contributed by atoms with E-state index in [-0.39, 0.29) is 12.2 Å². The van der Waals surface area contributed by atoms with Crippen LogP contribution >= 0.6 is 0 Å². The molecule has 0 aliphatic heterocycles. The summed E-state index contributed by atoms with van der Waals surface area (Å²) in [5.74, 6) is 0.801. The zero-order chi connectivity index (χ0) is 11.1. The van der Waals surface area contributed by atoms with Crippen molar-refractivity contribution in [3.05, 3.63) is 29.8 Å². The highest BCUT2D eigenvalue weighted by Gasteiger charge is 2.01. The molecule has 0 bridgehead atoms. The number of nitrogens with zero attached hydrogens (tertiary/aromatic N) is 1. The van der Waals surface area contributed by atoms with Crippen molar-refractivity contribution in [2.24, 2.45) is 0 Å². The van der Waals surface area contributed by atoms with Crippen LogP contribution in [0.2, 0.25) is 0 Å². The second kappa shape index (κ2) is 5.82. The fourth-order valence-corrected chi connectivity index (χ4v) is 1.25. The number of aryl methyl sites for hydroxylation is 1. The molecule has 0 amide bonds. The molecule has 1 aromatic carbocycles. The largest absolute Gasteiger partial charge is 0.497 e. The molecule has 0 saturated carbocycles. The van der Waals surface area contributed by atoms with Crippen LogP contribution in [0.5, 0.6) is 5.75 Å². The van der Waals surface area contributed by atoms with Crippen molar-refractivity contribution in [3.8, 4) is 11.8 Å². The van der Waals surface area contributed by atoms with Gasteiger partial charge < -0.3 is 4.74 Å². The average molecular weight is 203 g/mol. The number of Topliss-reactive ketones (excluding diaryl/α,β-unsaturated/α-hetero) is 1. The van der Waals surface area contributed by atoms with E-state index in [1.54, 1.807) is 7.11 Å². The van der Waals surface area contributed by atoms with Gasteiger partial charge in [0.1, 0.15) is 11.5 Å². The molecule has 0 N–H and O–H groups in total. The fourth-order valence-electron chi connectivity index (χ4n) is 1.25. The molecule has 0 aromatic heterocycles. The van der Waals surface area contributed by atoms with Crippen molar-refractivity contribution >= 4 is 5.78 Å². The Balaban J connectivity index is 2.45. The predicted octanol–water partition coefficient (Wildman–Crippen LogP) is 2.11. The minimum atomic E-state index is -0.00619. The molecule has 0 atom stereocenters. The molecule has 78 valence electrons. The molecule has 0 unspecified atom stereocenters. The topological polar surface area (TPSA) is 50.1 Å². The Morgan fingerprint density at radius 1 is 1.40 bits per heavy atom. The van der Waals surface area contributed by atoms with Crippen molar-refractivity contribution in [1.82, 2.24) is 0 Å². The summed E-state index contributed by atoms with van der Waals surface area (Å²) in [5, 5.41) is 8.31. The maximum Gasteiger partial charge on any atom is 0.147 e. The number of hydrogen-bond donors (Lipinski definition) is 0. The number of nitriles is 1.